The zero-order valence-electron chi connectivity index (χ0n) is 5.15. The molecule has 0 saturated heterocycles. The molecule has 0 aromatic heterocycles. The van der Waals surface area contributed by atoms with Gasteiger partial charge in [0.25, 0.3) is 0 Å². The lowest BCUT2D eigenvalue weighted by atomic mass is 10.4. The Kier molecular flexibility index (Phi) is 5.32. The van der Waals surface area contributed by atoms with Gasteiger partial charge in [-0.1, -0.05) is 30.6 Å². The van der Waals surface area contributed by atoms with Gasteiger partial charge in [0.05, 0.1) is 0 Å². The zero-order chi connectivity index (χ0) is 6.24. The molecular formula is C8H10. The summed E-state index contributed by atoms with van der Waals surface area (Å²) in [4.78, 5) is 0. The Balaban J connectivity index is 3.28. The summed E-state index contributed by atoms with van der Waals surface area (Å²) < 4.78 is 0. The summed E-state index contributed by atoms with van der Waals surface area (Å²) in [7, 11) is 0. The fourth-order valence-corrected chi connectivity index (χ4v) is 0.308. The first-order valence-electron chi connectivity index (χ1n) is 2.62. The summed E-state index contributed by atoms with van der Waals surface area (Å²) in [5.41, 5.74) is 0. The van der Waals surface area contributed by atoms with Crippen molar-refractivity contribution < 1.29 is 0 Å². The van der Waals surface area contributed by atoms with Crippen LogP contribution in [0.5, 0.6) is 0 Å². The summed E-state index contributed by atoms with van der Waals surface area (Å²) >= 11 is 0. The van der Waals surface area contributed by atoms with Crippen molar-refractivity contribution in [3.63, 3.8) is 0 Å². The van der Waals surface area contributed by atoms with Gasteiger partial charge in [0, 0.05) is 6.42 Å². The lowest BCUT2D eigenvalue weighted by molar-refractivity contribution is 1.45. The lowest BCUT2D eigenvalue weighted by Crippen LogP contribution is -1.54. The molecule has 0 atom stereocenters. The zero-order valence-corrected chi connectivity index (χ0v) is 5.15. The molecule has 0 heteroatoms. The van der Waals surface area contributed by atoms with Crippen LogP contribution in [0.3, 0.4) is 0 Å². The Morgan fingerprint density at radius 3 is 2.88 bits per heavy atom. The highest BCUT2D eigenvalue weighted by molar-refractivity contribution is 5.14. The normalized spacial score (nSPS) is 8.12. The van der Waals surface area contributed by atoms with Crippen LogP contribution in [0.2, 0.25) is 0 Å². The largest absolute Gasteiger partial charge is 0.0944 e. The fourth-order valence-electron chi connectivity index (χ4n) is 0.308. The summed E-state index contributed by atoms with van der Waals surface area (Å²) in [6.45, 7) is 5.44. The summed E-state index contributed by atoms with van der Waals surface area (Å²) in [5.74, 6) is 5.63. The smallest absolute Gasteiger partial charge is 0.0273 e. The van der Waals surface area contributed by atoms with E-state index in [1.54, 1.807) is 6.08 Å². The molecule has 0 aromatic carbocycles. The van der Waals surface area contributed by atoms with Gasteiger partial charge in [0.15, 0.2) is 0 Å². The van der Waals surface area contributed by atoms with E-state index in [1.165, 1.54) is 0 Å². The van der Waals surface area contributed by atoms with E-state index in [0.29, 0.717) is 0 Å². The second-order valence-electron chi connectivity index (χ2n) is 1.30. The molecule has 0 spiro atoms. The predicted octanol–water partition coefficient (Wildman–Crippen LogP) is 2.14. The average molecular weight is 106 g/mol. The number of hydrogen-bond acceptors (Lipinski definition) is 0. The van der Waals surface area contributed by atoms with Crippen molar-refractivity contribution in [1.29, 1.82) is 0 Å². The number of allylic oxidation sites excluding steroid dienone is 3. The number of rotatable bonds is 1. The molecule has 8 heavy (non-hydrogen) atoms. The summed E-state index contributed by atoms with van der Waals surface area (Å²) in [5, 5.41) is 0. The minimum atomic E-state index is 0.836. The van der Waals surface area contributed by atoms with E-state index in [2.05, 4.69) is 18.4 Å². The molecule has 0 bridgehead atoms. The highest BCUT2D eigenvalue weighted by Gasteiger charge is 1.60. The molecule has 0 unspecified atom stereocenters. The molecule has 0 amide bonds. The highest BCUT2D eigenvalue weighted by Crippen LogP contribution is 1.76. The second-order valence-corrected chi connectivity index (χ2v) is 1.30. The Hall–Kier alpha value is -0.960. The van der Waals surface area contributed by atoms with Crippen LogP contribution >= 0.6 is 0 Å². The van der Waals surface area contributed by atoms with Gasteiger partial charge in [-0.2, -0.15) is 0 Å². The van der Waals surface area contributed by atoms with E-state index < -0.39 is 0 Å². The van der Waals surface area contributed by atoms with E-state index in [4.69, 9.17) is 0 Å². The van der Waals surface area contributed by atoms with Gasteiger partial charge in [-0.3, -0.25) is 0 Å². The third-order valence-electron chi connectivity index (χ3n) is 0.660. The first-order valence-corrected chi connectivity index (χ1v) is 2.62. The third-order valence-corrected chi connectivity index (χ3v) is 0.660. The first kappa shape index (κ1) is 7.04. The average Bonchev–Trinajstić information content (AvgIpc) is 1.81. The van der Waals surface area contributed by atoms with Crippen LogP contribution in [0.1, 0.15) is 13.3 Å². The van der Waals surface area contributed by atoms with Crippen molar-refractivity contribution in [2.75, 3.05) is 0 Å². The Bertz CT molecular complexity index is 130. The Morgan fingerprint density at radius 2 is 2.38 bits per heavy atom. The highest BCUT2D eigenvalue weighted by atomic mass is 13.7. The van der Waals surface area contributed by atoms with Crippen LogP contribution in [0, 0.1) is 11.8 Å². The molecule has 0 fully saturated rings. The van der Waals surface area contributed by atoms with E-state index in [1.807, 2.05) is 19.1 Å². The van der Waals surface area contributed by atoms with Gasteiger partial charge in [0.2, 0.25) is 0 Å². The standard InChI is InChI=1S/C8H10/c1-3-5-7-8-6-4-2/h3-4,6H,1,8H2,2H3/b6-4-. The molecule has 0 rings (SSSR count). The van der Waals surface area contributed by atoms with Gasteiger partial charge < -0.3 is 0 Å². The van der Waals surface area contributed by atoms with Crippen molar-refractivity contribution in [2.24, 2.45) is 0 Å². The maximum Gasteiger partial charge on any atom is 0.0273 e. The Morgan fingerprint density at radius 1 is 1.62 bits per heavy atom. The van der Waals surface area contributed by atoms with Crippen LogP contribution in [-0.2, 0) is 0 Å². The van der Waals surface area contributed by atoms with Crippen molar-refractivity contribution in [1.82, 2.24) is 0 Å². The molecular weight excluding hydrogens is 96.1 g/mol. The van der Waals surface area contributed by atoms with Gasteiger partial charge in [-0.05, 0) is 13.0 Å². The molecule has 0 N–H and O–H groups in total. The molecule has 0 radical (unpaired) electrons. The van der Waals surface area contributed by atoms with E-state index in [0.717, 1.165) is 6.42 Å². The maximum absolute atomic E-state index is 3.46. The molecule has 42 valence electrons. The van der Waals surface area contributed by atoms with Crippen molar-refractivity contribution in [2.45, 2.75) is 13.3 Å². The lowest BCUT2D eigenvalue weighted by Gasteiger charge is -1.69. The van der Waals surface area contributed by atoms with Crippen LogP contribution in [0.25, 0.3) is 0 Å². The van der Waals surface area contributed by atoms with Crippen molar-refractivity contribution >= 4 is 0 Å². The molecule has 0 aromatic rings. The van der Waals surface area contributed by atoms with Crippen LogP contribution in [0.15, 0.2) is 24.8 Å². The molecule has 0 aliphatic carbocycles. The molecule has 0 saturated carbocycles. The minimum Gasteiger partial charge on any atom is -0.0944 e. The quantitative estimate of drug-likeness (QED) is 0.355. The minimum absolute atomic E-state index is 0.836. The second kappa shape index (κ2) is 6.04. The van der Waals surface area contributed by atoms with Gasteiger partial charge in [0.1, 0.15) is 0 Å². The SMILES string of the molecule is C=CC#CC/C=C\C. The summed E-state index contributed by atoms with van der Waals surface area (Å²) in [6, 6.07) is 0. The van der Waals surface area contributed by atoms with Crippen LogP contribution in [0.4, 0.5) is 0 Å². The van der Waals surface area contributed by atoms with Crippen LogP contribution in [-0.4, -0.2) is 0 Å². The molecule has 0 nitrogen and oxygen atoms in total. The molecule has 0 aliphatic heterocycles. The van der Waals surface area contributed by atoms with Crippen molar-refractivity contribution in [3.05, 3.63) is 24.8 Å². The first-order chi connectivity index (χ1) is 3.91. The van der Waals surface area contributed by atoms with E-state index >= 15 is 0 Å². The predicted molar refractivity (Wildman–Crippen MR) is 37.4 cm³/mol. The monoisotopic (exact) mass is 106 g/mol. The third kappa shape index (κ3) is 5.04. The van der Waals surface area contributed by atoms with Gasteiger partial charge in [-0.15, -0.1) is 0 Å². The molecule has 0 aliphatic rings. The topological polar surface area (TPSA) is 0 Å². The van der Waals surface area contributed by atoms with Gasteiger partial charge in [-0.25, -0.2) is 0 Å². The molecule has 0 heterocycles. The Labute approximate surface area is 50.9 Å². The summed E-state index contributed by atoms with van der Waals surface area (Å²) in [6.07, 6.45) is 6.43. The van der Waals surface area contributed by atoms with Crippen LogP contribution < -0.4 is 0 Å². The van der Waals surface area contributed by atoms with Gasteiger partial charge >= 0.3 is 0 Å². The maximum atomic E-state index is 3.46. The number of hydrogen-bond donors (Lipinski definition) is 0. The van der Waals surface area contributed by atoms with Crippen molar-refractivity contribution in [3.8, 4) is 11.8 Å². The van der Waals surface area contributed by atoms with E-state index in [9.17, 15) is 0 Å². The fraction of sp³-hybridized carbons (Fsp3) is 0.250. The van der Waals surface area contributed by atoms with E-state index in [-0.39, 0.29) is 0 Å².